The molecule has 0 saturated carbocycles. The summed E-state index contributed by atoms with van der Waals surface area (Å²) in [5.74, 6) is -0.473. The van der Waals surface area contributed by atoms with E-state index in [1.54, 1.807) is 33.4 Å². The number of hydrogen-bond acceptors (Lipinski definition) is 5. The van der Waals surface area contributed by atoms with Crippen LogP contribution in [0.3, 0.4) is 0 Å². The first kappa shape index (κ1) is 22.4. The smallest absolute Gasteiger partial charge is 0.337 e. The quantitative estimate of drug-likeness (QED) is 0.555. The summed E-state index contributed by atoms with van der Waals surface area (Å²) in [5, 5.41) is 5.74. The van der Waals surface area contributed by atoms with Gasteiger partial charge >= 0.3 is 17.7 Å². The molecule has 1 aliphatic rings. The van der Waals surface area contributed by atoms with E-state index in [-0.39, 0.29) is 5.69 Å². The second-order valence-electron chi connectivity index (χ2n) is 7.97. The van der Waals surface area contributed by atoms with Gasteiger partial charge < -0.3 is 20.3 Å². The van der Waals surface area contributed by atoms with Gasteiger partial charge in [-0.05, 0) is 57.0 Å². The van der Waals surface area contributed by atoms with Crippen molar-refractivity contribution in [2.24, 2.45) is 0 Å². The molecule has 2 aromatic carbocycles. The Kier molecular flexibility index (Phi) is 6.39. The van der Waals surface area contributed by atoms with Gasteiger partial charge in [0.2, 0.25) is 0 Å². The van der Waals surface area contributed by atoms with Crippen molar-refractivity contribution in [1.29, 1.82) is 0 Å². The molecule has 33 heavy (non-hydrogen) atoms. The number of hydrogen-bond donors (Lipinski definition) is 2. The highest BCUT2D eigenvalue weighted by molar-refractivity contribution is 6.04. The molecule has 0 aliphatic carbocycles. The molecule has 2 N–H and O–H groups in total. The van der Waals surface area contributed by atoms with Crippen molar-refractivity contribution in [3.8, 4) is 0 Å². The summed E-state index contributed by atoms with van der Waals surface area (Å²) in [5.41, 5.74) is 3.96. The second kappa shape index (κ2) is 9.40. The number of rotatable bonds is 6. The molecule has 3 aromatic rings. The summed E-state index contributed by atoms with van der Waals surface area (Å²) in [4.78, 5) is 39.8. The molecule has 1 aromatic heterocycles. The molecule has 2 heterocycles. The molecule has 1 saturated heterocycles. The van der Waals surface area contributed by atoms with E-state index >= 15 is 0 Å². The van der Waals surface area contributed by atoms with Crippen LogP contribution < -0.4 is 21.2 Å². The summed E-state index contributed by atoms with van der Waals surface area (Å²) in [6.45, 7) is 6.80. The van der Waals surface area contributed by atoms with Crippen LogP contribution in [0.2, 0.25) is 0 Å². The molecule has 9 nitrogen and oxygen atoms in total. The number of imidazole rings is 1. The third kappa shape index (κ3) is 4.30. The van der Waals surface area contributed by atoms with E-state index in [9.17, 15) is 14.4 Å². The zero-order valence-corrected chi connectivity index (χ0v) is 19.2. The van der Waals surface area contributed by atoms with Crippen molar-refractivity contribution in [3.05, 3.63) is 52.4 Å². The minimum atomic E-state index is -0.473. The van der Waals surface area contributed by atoms with Gasteiger partial charge in [0.1, 0.15) is 0 Å². The van der Waals surface area contributed by atoms with Crippen molar-refractivity contribution in [2.75, 3.05) is 35.7 Å². The number of amides is 2. The van der Waals surface area contributed by atoms with Gasteiger partial charge in [0.15, 0.2) is 0 Å². The number of anilines is 3. The van der Waals surface area contributed by atoms with Crippen molar-refractivity contribution >= 4 is 40.1 Å². The van der Waals surface area contributed by atoms with Gasteiger partial charge in [0.25, 0.3) is 0 Å². The Morgan fingerprint density at radius 1 is 0.970 bits per heavy atom. The zero-order chi connectivity index (χ0) is 23.5. The third-order valence-corrected chi connectivity index (χ3v) is 6.01. The van der Waals surface area contributed by atoms with Crippen LogP contribution in [-0.4, -0.2) is 41.3 Å². The highest BCUT2D eigenvalue weighted by atomic mass is 16.5. The van der Waals surface area contributed by atoms with Crippen molar-refractivity contribution in [1.82, 2.24) is 9.13 Å². The largest absolute Gasteiger partial charge is 0.465 e. The van der Waals surface area contributed by atoms with E-state index in [4.69, 9.17) is 4.74 Å². The molecule has 174 valence electrons. The number of fused-ring (bicyclic) bond motifs is 1. The van der Waals surface area contributed by atoms with Gasteiger partial charge in [-0.3, -0.25) is 9.13 Å². The van der Waals surface area contributed by atoms with Crippen LogP contribution in [-0.2, 0) is 17.8 Å². The van der Waals surface area contributed by atoms with E-state index in [0.717, 1.165) is 42.7 Å². The fraction of sp³-hybridized carbons (Fsp3) is 0.375. The van der Waals surface area contributed by atoms with E-state index in [2.05, 4.69) is 15.5 Å². The van der Waals surface area contributed by atoms with Crippen LogP contribution in [0.15, 0.2) is 41.2 Å². The first-order valence-corrected chi connectivity index (χ1v) is 11.2. The van der Waals surface area contributed by atoms with Gasteiger partial charge in [-0.1, -0.05) is 6.07 Å². The monoisotopic (exact) mass is 451 g/mol. The highest BCUT2D eigenvalue weighted by Crippen LogP contribution is 2.33. The Balaban J connectivity index is 1.70. The summed E-state index contributed by atoms with van der Waals surface area (Å²) >= 11 is 0. The first-order chi connectivity index (χ1) is 16.0. The van der Waals surface area contributed by atoms with E-state index in [1.165, 1.54) is 7.11 Å². The molecule has 9 heteroatoms. The van der Waals surface area contributed by atoms with Gasteiger partial charge in [0, 0.05) is 31.9 Å². The first-order valence-electron chi connectivity index (χ1n) is 11.2. The lowest BCUT2D eigenvalue weighted by Crippen LogP contribution is -2.24. The molecule has 0 spiro atoms. The second-order valence-corrected chi connectivity index (χ2v) is 7.97. The predicted octanol–water partition coefficient (Wildman–Crippen LogP) is 3.87. The zero-order valence-electron chi connectivity index (χ0n) is 19.2. The van der Waals surface area contributed by atoms with Crippen molar-refractivity contribution in [3.63, 3.8) is 0 Å². The third-order valence-electron chi connectivity index (χ3n) is 6.01. The predicted molar refractivity (Wildman–Crippen MR) is 129 cm³/mol. The van der Waals surface area contributed by atoms with Gasteiger partial charge in [0.05, 0.1) is 35.1 Å². The Hall–Kier alpha value is -3.75. The van der Waals surface area contributed by atoms with Crippen molar-refractivity contribution < 1.29 is 14.3 Å². The molecule has 1 aliphatic heterocycles. The number of carbonyl (C=O) groups is 2. The maximum absolute atomic E-state index is 12.9. The average Bonchev–Trinajstić information content (AvgIpc) is 3.43. The number of benzene rings is 2. The van der Waals surface area contributed by atoms with Crippen LogP contribution in [0, 0.1) is 0 Å². The van der Waals surface area contributed by atoms with E-state index in [1.807, 2.05) is 26.0 Å². The Morgan fingerprint density at radius 2 is 1.64 bits per heavy atom. The SMILES string of the molecule is CCn1c(=O)n(CC)c2cc(N3CCCC3)c(NC(=O)Nc3cccc(C(=O)OC)c3)cc21. The summed E-state index contributed by atoms with van der Waals surface area (Å²) in [6, 6.07) is 10.0. The van der Waals surface area contributed by atoms with Gasteiger partial charge in [-0.25, -0.2) is 14.4 Å². The number of methoxy groups -OCH3 is 1. The molecule has 0 unspecified atom stereocenters. The normalized spacial score (nSPS) is 13.4. The summed E-state index contributed by atoms with van der Waals surface area (Å²) in [7, 11) is 1.31. The lowest BCUT2D eigenvalue weighted by molar-refractivity contribution is 0.0600. The number of aryl methyl sites for hydroxylation is 2. The average molecular weight is 452 g/mol. The molecular weight excluding hydrogens is 422 g/mol. The van der Waals surface area contributed by atoms with Crippen LogP contribution >= 0.6 is 0 Å². The maximum atomic E-state index is 12.9. The number of urea groups is 1. The number of esters is 1. The van der Waals surface area contributed by atoms with Gasteiger partial charge in [-0.15, -0.1) is 0 Å². The summed E-state index contributed by atoms with van der Waals surface area (Å²) < 4.78 is 8.23. The molecule has 0 atom stereocenters. The fourth-order valence-electron chi connectivity index (χ4n) is 4.41. The Bertz CT molecular complexity index is 1250. The molecular formula is C24H29N5O4. The highest BCUT2D eigenvalue weighted by Gasteiger charge is 2.21. The van der Waals surface area contributed by atoms with E-state index in [0.29, 0.717) is 30.0 Å². The molecule has 4 rings (SSSR count). The molecule has 2 amide bonds. The van der Waals surface area contributed by atoms with Gasteiger partial charge in [-0.2, -0.15) is 0 Å². The summed E-state index contributed by atoms with van der Waals surface area (Å²) in [6.07, 6.45) is 2.17. The Morgan fingerprint density at radius 3 is 2.27 bits per heavy atom. The number of nitrogens with zero attached hydrogens (tertiary/aromatic N) is 3. The minimum absolute atomic E-state index is 0.0522. The number of nitrogens with one attached hydrogen (secondary N) is 2. The Labute approximate surface area is 191 Å². The topological polar surface area (TPSA) is 97.6 Å². The van der Waals surface area contributed by atoms with Crippen LogP contribution in [0.25, 0.3) is 11.0 Å². The maximum Gasteiger partial charge on any atom is 0.337 e. The van der Waals surface area contributed by atoms with E-state index < -0.39 is 12.0 Å². The minimum Gasteiger partial charge on any atom is -0.465 e. The van der Waals surface area contributed by atoms with Crippen molar-refractivity contribution in [2.45, 2.75) is 39.8 Å². The molecule has 1 fully saturated rings. The lowest BCUT2D eigenvalue weighted by atomic mass is 10.2. The number of aromatic nitrogens is 2. The number of ether oxygens (including phenoxy) is 1. The molecule has 0 bridgehead atoms. The molecule has 0 radical (unpaired) electrons. The number of carbonyl (C=O) groups excluding carboxylic acids is 2. The van der Waals surface area contributed by atoms with Crippen LogP contribution in [0.5, 0.6) is 0 Å². The van der Waals surface area contributed by atoms with Crippen LogP contribution in [0.1, 0.15) is 37.0 Å². The fourth-order valence-corrected chi connectivity index (χ4v) is 4.41. The lowest BCUT2D eigenvalue weighted by Gasteiger charge is -2.22. The standard InChI is InChI=1S/C24H29N5O4/c1-4-28-20-14-18(26-23(31)25-17-10-8-9-16(13-17)22(30)33-3)19(27-11-6-7-12-27)15-21(20)29(5-2)24(28)32/h8-10,13-15H,4-7,11-12H2,1-3H3,(H2,25,26,31). The van der Waals surface area contributed by atoms with Crippen LogP contribution in [0.4, 0.5) is 21.9 Å².